The maximum atomic E-state index is 12.6. The summed E-state index contributed by atoms with van der Waals surface area (Å²) in [5.41, 5.74) is 6.02. The van der Waals surface area contributed by atoms with E-state index >= 15 is 0 Å². The Morgan fingerprint density at radius 2 is 1.72 bits per heavy atom. The number of carbonyl (C=O) groups excluding carboxylic acids is 1. The van der Waals surface area contributed by atoms with Crippen molar-refractivity contribution in [2.45, 2.75) is 12.1 Å². The summed E-state index contributed by atoms with van der Waals surface area (Å²) >= 11 is 7.36. The summed E-state index contributed by atoms with van der Waals surface area (Å²) in [6.45, 7) is 1.87. The van der Waals surface area contributed by atoms with Gasteiger partial charge in [0, 0.05) is 28.7 Å². The molecule has 0 saturated heterocycles. The molecule has 5 rings (SSSR count). The van der Waals surface area contributed by atoms with Gasteiger partial charge in [-0.05, 0) is 65.7 Å². The van der Waals surface area contributed by atoms with Gasteiger partial charge in [0.1, 0.15) is 0 Å². The van der Waals surface area contributed by atoms with Gasteiger partial charge in [-0.15, -0.1) is 10.2 Å². The molecule has 0 aliphatic carbocycles. The van der Waals surface area contributed by atoms with Gasteiger partial charge in [0.25, 0.3) is 5.91 Å². The van der Waals surface area contributed by atoms with Crippen LogP contribution >= 0.6 is 23.4 Å². The average Bonchev–Trinajstić information content (AvgIpc) is 3.35. The minimum Gasteiger partial charge on any atom is -0.272 e. The SMILES string of the molecule is CC(=NNC(=O)CSc1nnc(-c2ccncc2)n1-c1ccc(Cl)cc1)c1ccc2ccccc2c1. The summed E-state index contributed by atoms with van der Waals surface area (Å²) < 4.78 is 1.90. The quantitative estimate of drug-likeness (QED) is 0.170. The molecule has 0 aliphatic heterocycles. The Morgan fingerprint density at radius 3 is 2.50 bits per heavy atom. The van der Waals surface area contributed by atoms with Gasteiger partial charge in [-0.25, -0.2) is 5.43 Å². The molecule has 36 heavy (non-hydrogen) atoms. The second-order valence-corrected chi connectivity index (χ2v) is 9.32. The lowest BCUT2D eigenvalue weighted by Crippen LogP contribution is -2.21. The molecule has 0 bridgehead atoms. The zero-order valence-electron chi connectivity index (χ0n) is 19.3. The molecule has 178 valence electrons. The minimum absolute atomic E-state index is 0.122. The Bertz CT molecular complexity index is 1550. The van der Waals surface area contributed by atoms with E-state index < -0.39 is 0 Å². The smallest absolute Gasteiger partial charge is 0.250 e. The Hall–Kier alpha value is -4.01. The Morgan fingerprint density at radius 1 is 0.972 bits per heavy atom. The lowest BCUT2D eigenvalue weighted by Gasteiger charge is -2.10. The van der Waals surface area contributed by atoms with Gasteiger partial charge in [0.15, 0.2) is 11.0 Å². The molecule has 0 unspecified atom stereocenters. The molecule has 5 aromatic rings. The minimum atomic E-state index is -0.240. The summed E-state index contributed by atoms with van der Waals surface area (Å²) in [5, 5.41) is 16.5. The topological polar surface area (TPSA) is 85.1 Å². The van der Waals surface area contributed by atoms with Gasteiger partial charge in [0.2, 0.25) is 0 Å². The first-order chi connectivity index (χ1) is 17.6. The Kier molecular flexibility index (Phi) is 7.06. The van der Waals surface area contributed by atoms with Crippen molar-refractivity contribution in [1.82, 2.24) is 25.2 Å². The van der Waals surface area contributed by atoms with Crippen molar-refractivity contribution in [2.75, 3.05) is 5.75 Å². The van der Waals surface area contributed by atoms with Gasteiger partial charge < -0.3 is 0 Å². The van der Waals surface area contributed by atoms with Crippen LogP contribution in [0.25, 0.3) is 27.8 Å². The summed E-state index contributed by atoms with van der Waals surface area (Å²) in [7, 11) is 0. The third kappa shape index (κ3) is 5.30. The lowest BCUT2D eigenvalue weighted by atomic mass is 10.0. The number of carbonyl (C=O) groups is 1. The molecule has 2 heterocycles. The van der Waals surface area contributed by atoms with Gasteiger partial charge in [-0.2, -0.15) is 5.10 Å². The number of benzene rings is 3. The maximum absolute atomic E-state index is 12.6. The van der Waals surface area contributed by atoms with Crippen LogP contribution in [0.2, 0.25) is 5.02 Å². The van der Waals surface area contributed by atoms with Gasteiger partial charge in [-0.1, -0.05) is 59.8 Å². The summed E-state index contributed by atoms with van der Waals surface area (Å²) in [4.78, 5) is 16.7. The first-order valence-corrected chi connectivity index (χ1v) is 12.5. The molecular weight excluding hydrogens is 492 g/mol. The molecule has 3 aromatic carbocycles. The van der Waals surface area contributed by atoms with Crippen molar-refractivity contribution in [1.29, 1.82) is 0 Å². The molecule has 9 heteroatoms. The molecule has 0 radical (unpaired) electrons. The van der Waals surface area contributed by atoms with E-state index in [4.69, 9.17) is 11.6 Å². The number of hydrogen-bond donors (Lipinski definition) is 1. The van der Waals surface area contributed by atoms with Crippen LogP contribution < -0.4 is 5.43 Å². The number of thioether (sulfide) groups is 1. The molecular formula is C27H21ClN6OS. The molecule has 0 saturated carbocycles. The fourth-order valence-corrected chi connectivity index (χ4v) is 4.53. The van der Waals surface area contributed by atoms with E-state index in [1.54, 1.807) is 24.5 Å². The van der Waals surface area contributed by atoms with Crippen molar-refractivity contribution >= 4 is 45.8 Å². The zero-order valence-corrected chi connectivity index (χ0v) is 20.9. The van der Waals surface area contributed by atoms with Crippen LogP contribution in [0.4, 0.5) is 0 Å². The van der Waals surface area contributed by atoms with Crippen molar-refractivity contribution in [3.05, 3.63) is 102 Å². The third-order valence-electron chi connectivity index (χ3n) is 5.50. The van der Waals surface area contributed by atoms with E-state index in [0.717, 1.165) is 33.3 Å². The molecule has 0 aliphatic rings. The van der Waals surface area contributed by atoms with Crippen molar-refractivity contribution in [3.63, 3.8) is 0 Å². The molecule has 0 fully saturated rings. The highest BCUT2D eigenvalue weighted by Gasteiger charge is 2.17. The summed E-state index contributed by atoms with van der Waals surface area (Å²) in [5.74, 6) is 0.528. The molecule has 1 N–H and O–H groups in total. The number of hydrogen-bond acceptors (Lipinski definition) is 6. The van der Waals surface area contributed by atoms with Crippen molar-refractivity contribution in [3.8, 4) is 17.1 Å². The number of nitrogens with zero attached hydrogens (tertiary/aromatic N) is 5. The summed E-state index contributed by atoms with van der Waals surface area (Å²) in [6, 6.07) is 25.3. The fourth-order valence-electron chi connectivity index (χ4n) is 3.66. The van der Waals surface area contributed by atoms with Crippen LogP contribution in [0.3, 0.4) is 0 Å². The van der Waals surface area contributed by atoms with Crippen LogP contribution in [0.1, 0.15) is 12.5 Å². The van der Waals surface area contributed by atoms with Crippen LogP contribution in [-0.2, 0) is 4.79 Å². The molecule has 7 nitrogen and oxygen atoms in total. The van der Waals surface area contributed by atoms with Crippen LogP contribution in [-0.4, -0.2) is 37.1 Å². The van der Waals surface area contributed by atoms with Gasteiger partial charge in [0.05, 0.1) is 11.5 Å². The van der Waals surface area contributed by atoms with Crippen molar-refractivity contribution < 1.29 is 4.79 Å². The second-order valence-electron chi connectivity index (χ2n) is 7.94. The largest absolute Gasteiger partial charge is 0.272 e. The number of hydrazone groups is 1. The predicted molar refractivity (Wildman–Crippen MR) is 145 cm³/mol. The lowest BCUT2D eigenvalue weighted by molar-refractivity contribution is -0.118. The van der Waals surface area contributed by atoms with E-state index in [1.807, 2.05) is 60.0 Å². The average molecular weight is 513 g/mol. The molecule has 2 aromatic heterocycles. The molecule has 1 amide bonds. The highest BCUT2D eigenvalue weighted by molar-refractivity contribution is 7.99. The number of fused-ring (bicyclic) bond motifs is 1. The Balaban J connectivity index is 1.32. The fraction of sp³-hybridized carbons (Fsp3) is 0.0741. The first-order valence-electron chi connectivity index (χ1n) is 11.2. The van der Waals surface area contributed by atoms with E-state index in [1.165, 1.54) is 11.8 Å². The van der Waals surface area contributed by atoms with E-state index in [-0.39, 0.29) is 11.7 Å². The van der Waals surface area contributed by atoms with Crippen LogP contribution in [0, 0.1) is 0 Å². The number of amides is 1. The summed E-state index contributed by atoms with van der Waals surface area (Å²) in [6.07, 6.45) is 3.40. The number of halogens is 1. The van der Waals surface area contributed by atoms with Crippen molar-refractivity contribution in [2.24, 2.45) is 5.10 Å². The first kappa shape index (κ1) is 23.7. The second kappa shape index (κ2) is 10.7. The van der Waals surface area contributed by atoms with Crippen LogP contribution in [0.15, 0.2) is 102 Å². The van der Waals surface area contributed by atoms with E-state index in [0.29, 0.717) is 16.0 Å². The number of rotatable bonds is 7. The van der Waals surface area contributed by atoms with Gasteiger partial charge >= 0.3 is 0 Å². The number of aromatic nitrogens is 4. The predicted octanol–water partition coefficient (Wildman–Crippen LogP) is 5.77. The number of pyridine rings is 1. The third-order valence-corrected chi connectivity index (χ3v) is 6.69. The van der Waals surface area contributed by atoms with E-state index in [2.05, 4.69) is 43.9 Å². The Labute approximate surface area is 217 Å². The highest BCUT2D eigenvalue weighted by atomic mass is 35.5. The monoisotopic (exact) mass is 512 g/mol. The molecule has 0 atom stereocenters. The van der Waals surface area contributed by atoms with Crippen LogP contribution in [0.5, 0.6) is 0 Å². The number of nitrogens with one attached hydrogen (secondary N) is 1. The highest BCUT2D eigenvalue weighted by Crippen LogP contribution is 2.28. The maximum Gasteiger partial charge on any atom is 0.250 e. The van der Waals surface area contributed by atoms with E-state index in [9.17, 15) is 4.79 Å². The van der Waals surface area contributed by atoms with Gasteiger partial charge in [-0.3, -0.25) is 14.3 Å². The zero-order chi connectivity index (χ0) is 24.9. The standard InChI is InChI=1S/C27H21ClN6OS/c1-18(21-7-6-19-4-2-3-5-22(19)16-21)30-31-25(35)17-36-27-33-32-26(20-12-14-29-15-13-20)34(27)24-10-8-23(28)9-11-24/h2-16H,17H2,1H3,(H,31,35). The molecule has 0 spiro atoms. The normalized spacial score (nSPS) is 11.6.